The number of fused-ring (bicyclic) bond motifs is 1. The molecule has 0 radical (unpaired) electrons. The number of methoxy groups -OCH3 is 1. The van der Waals surface area contributed by atoms with Gasteiger partial charge >= 0.3 is 6.03 Å². The lowest BCUT2D eigenvalue weighted by molar-refractivity contribution is 0.241. The minimum Gasteiger partial charge on any atom is -0.493 e. The molecule has 5 heteroatoms. The number of urea groups is 1. The van der Waals surface area contributed by atoms with Crippen LogP contribution in [0.1, 0.15) is 11.1 Å². The molecule has 3 rings (SSSR count). The van der Waals surface area contributed by atoms with Crippen molar-refractivity contribution in [2.75, 3.05) is 31.7 Å². The van der Waals surface area contributed by atoms with E-state index in [1.54, 1.807) is 12.0 Å². The van der Waals surface area contributed by atoms with E-state index in [0.29, 0.717) is 24.7 Å². The van der Waals surface area contributed by atoms with E-state index in [9.17, 15) is 4.79 Å². The van der Waals surface area contributed by atoms with E-state index in [-0.39, 0.29) is 6.03 Å². The molecule has 2 amide bonds. The van der Waals surface area contributed by atoms with Crippen LogP contribution in [0.4, 0.5) is 10.5 Å². The van der Waals surface area contributed by atoms with Gasteiger partial charge in [0.2, 0.25) is 0 Å². The highest BCUT2D eigenvalue weighted by atomic mass is 16.5. The second-order valence-electron chi connectivity index (χ2n) is 5.77. The van der Waals surface area contributed by atoms with Gasteiger partial charge in [-0.15, -0.1) is 0 Å². The quantitative estimate of drug-likeness (QED) is 0.859. The summed E-state index contributed by atoms with van der Waals surface area (Å²) in [5.74, 6) is 1.39. The van der Waals surface area contributed by atoms with Crippen LogP contribution in [0.3, 0.4) is 0 Å². The van der Waals surface area contributed by atoms with Gasteiger partial charge in [-0.1, -0.05) is 24.3 Å². The predicted molar refractivity (Wildman–Crippen MR) is 94.1 cm³/mol. The molecule has 1 aliphatic rings. The van der Waals surface area contributed by atoms with Gasteiger partial charge in [0, 0.05) is 12.2 Å². The molecule has 0 saturated carbocycles. The molecule has 0 unspecified atom stereocenters. The molecule has 0 aliphatic carbocycles. The largest absolute Gasteiger partial charge is 0.493 e. The van der Waals surface area contributed by atoms with Crippen LogP contribution in [0.25, 0.3) is 0 Å². The molecule has 1 aliphatic heterocycles. The van der Waals surface area contributed by atoms with Crippen LogP contribution < -0.4 is 19.7 Å². The fourth-order valence-electron chi connectivity index (χ4n) is 2.86. The highest BCUT2D eigenvalue weighted by molar-refractivity contribution is 5.94. The SMILES string of the molecule is COc1cc(C)ccc1OCCNC(=O)N1CCc2ccccc21. The van der Waals surface area contributed by atoms with E-state index in [1.807, 2.05) is 43.3 Å². The summed E-state index contributed by atoms with van der Waals surface area (Å²) in [7, 11) is 1.62. The van der Waals surface area contributed by atoms with Crippen LogP contribution in [-0.2, 0) is 6.42 Å². The van der Waals surface area contributed by atoms with Gasteiger partial charge in [-0.05, 0) is 42.7 Å². The second-order valence-corrected chi connectivity index (χ2v) is 5.77. The Morgan fingerprint density at radius 2 is 2.04 bits per heavy atom. The van der Waals surface area contributed by atoms with Gasteiger partial charge in [0.05, 0.1) is 13.7 Å². The maximum atomic E-state index is 12.3. The smallest absolute Gasteiger partial charge is 0.322 e. The maximum absolute atomic E-state index is 12.3. The van der Waals surface area contributed by atoms with Crippen LogP contribution in [0.15, 0.2) is 42.5 Å². The first-order valence-corrected chi connectivity index (χ1v) is 8.10. The lowest BCUT2D eigenvalue weighted by atomic mass is 10.2. The van der Waals surface area contributed by atoms with E-state index in [0.717, 1.165) is 24.2 Å². The third-order valence-corrected chi connectivity index (χ3v) is 4.09. The number of nitrogens with one attached hydrogen (secondary N) is 1. The van der Waals surface area contributed by atoms with E-state index >= 15 is 0 Å². The van der Waals surface area contributed by atoms with Crippen LogP contribution in [0, 0.1) is 6.92 Å². The number of hydrogen-bond donors (Lipinski definition) is 1. The van der Waals surface area contributed by atoms with Gasteiger partial charge in [0.25, 0.3) is 0 Å². The molecule has 2 aromatic carbocycles. The van der Waals surface area contributed by atoms with Crippen LogP contribution in [0.2, 0.25) is 0 Å². The Morgan fingerprint density at radius 1 is 1.21 bits per heavy atom. The van der Waals surface area contributed by atoms with Gasteiger partial charge < -0.3 is 14.8 Å². The van der Waals surface area contributed by atoms with E-state index in [1.165, 1.54) is 5.56 Å². The van der Waals surface area contributed by atoms with Crippen molar-refractivity contribution in [2.45, 2.75) is 13.3 Å². The molecule has 0 atom stereocenters. The van der Waals surface area contributed by atoms with Crippen molar-refractivity contribution in [3.8, 4) is 11.5 Å². The number of carbonyl (C=O) groups excluding carboxylic acids is 1. The molecular formula is C19H22N2O3. The fourth-order valence-corrected chi connectivity index (χ4v) is 2.86. The first-order chi connectivity index (χ1) is 11.7. The van der Waals surface area contributed by atoms with Gasteiger partial charge in [0.15, 0.2) is 11.5 Å². The zero-order valence-electron chi connectivity index (χ0n) is 14.0. The number of aryl methyl sites for hydroxylation is 1. The van der Waals surface area contributed by atoms with E-state index in [4.69, 9.17) is 9.47 Å². The third-order valence-electron chi connectivity index (χ3n) is 4.09. The van der Waals surface area contributed by atoms with Crippen molar-refractivity contribution in [2.24, 2.45) is 0 Å². The summed E-state index contributed by atoms with van der Waals surface area (Å²) < 4.78 is 11.0. The monoisotopic (exact) mass is 326 g/mol. The van der Waals surface area contributed by atoms with Crippen molar-refractivity contribution in [1.82, 2.24) is 5.32 Å². The lowest BCUT2D eigenvalue weighted by Crippen LogP contribution is -2.40. The summed E-state index contributed by atoms with van der Waals surface area (Å²) in [5, 5.41) is 2.91. The summed E-state index contributed by atoms with van der Waals surface area (Å²) >= 11 is 0. The summed E-state index contributed by atoms with van der Waals surface area (Å²) in [6.45, 7) is 3.55. The van der Waals surface area contributed by atoms with E-state index in [2.05, 4.69) is 11.4 Å². The number of rotatable bonds is 5. The van der Waals surface area contributed by atoms with Crippen molar-refractivity contribution in [3.05, 3.63) is 53.6 Å². The average Bonchev–Trinajstić information content (AvgIpc) is 3.03. The van der Waals surface area contributed by atoms with Gasteiger partial charge in [-0.3, -0.25) is 4.90 Å². The molecule has 0 saturated heterocycles. The minimum atomic E-state index is -0.0839. The number of benzene rings is 2. The summed E-state index contributed by atoms with van der Waals surface area (Å²) in [6, 6.07) is 13.7. The molecule has 0 aromatic heterocycles. The van der Waals surface area contributed by atoms with Crippen molar-refractivity contribution in [1.29, 1.82) is 0 Å². The van der Waals surface area contributed by atoms with Crippen LogP contribution in [-0.4, -0.2) is 32.8 Å². The number of anilines is 1. The molecular weight excluding hydrogens is 304 g/mol. The van der Waals surface area contributed by atoms with Crippen molar-refractivity contribution >= 4 is 11.7 Å². The molecule has 0 bridgehead atoms. The minimum absolute atomic E-state index is 0.0839. The third kappa shape index (κ3) is 3.45. The highest BCUT2D eigenvalue weighted by Crippen LogP contribution is 2.28. The lowest BCUT2D eigenvalue weighted by Gasteiger charge is -2.18. The highest BCUT2D eigenvalue weighted by Gasteiger charge is 2.23. The van der Waals surface area contributed by atoms with Gasteiger partial charge in [0.1, 0.15) is 6.61 Å². The Hall–Kier alpha value is -2.69. The fraction of sp³-hybridized carbons (Fsp3) is 0.316. The number of ether oxygens (including phenoxy) is 2. The predicted octanol–water partition coefficient (Wildman–Crippen LogP) is 3.15. The number of hydrogen-bond acceptors (Lipinski definition) is 3. The summed E-state index contributed by atoms with van der Waals surface area (Å²) in [4.78, 5) is 14.1. The zero-order valence-corrected chi connectivity index (χ0v) is 14.0. The molecule has 1 N–H and O–H groups in total. The second kappa shape index (κ2) is 7.25. The number of para-hydroxylation sites is 1. The zero-order chi connectivity index (χ0) is 16.9. The number of carbonyl (C=O) groups is 1. The first-order valence-electron chi connectivity index (χ1n) is 8.10. The standard InChI is InChI=1S/C19H22N2O3/c1-14-7-8-17(18(13-14)23-2)24-12-10-20-19(22)21-11-9-15-5-3-4-6-16(15)21/h3-8,13H,9-12H2,1-2H3,(H,20,22). The molecule has 0 fully saturated rings. The molecule has 5 nitrogen and oxygen atoms in total. The molecule has 1 heterocycles. The van der Waals surface area contributed by atoms with Crippen molar-refractivity contribution < 1.29 is 14.3 Å². The molecule has 24 heavy (non-hydrogen) atoms. The Morgan fingerprint density at radius 3 is 2.88 bits per heavy atom. The Balaban J connectivity index is 1.50. The normalized spacial score (nSPS) is 12.7. The van der Waals surface area contributed by atoms with Gasteiger partial charge in [-0.25, -0.2) is 4.79 Å². The van der Waals surface area contributed by atoms with Crippen molar-refractivity contribution in [3.63, 3.8) is 0 Å². The number of nitrogens with zero attached hydrogens (tertiary/aromatic N) is 1. The Bertz CT molecular complexity index is 730. The van der Waals surface area contributed by atoms with Crippen LogP contribution in [0.5, 0.6) is 11.5 Å². The van der Waals surface area contributed by atoms with E-state index < -0.39 is 0 Å². The maximum Gasteiger partial charge on any atom is 0.322 e. The summed E-state index contributed by atoms with van der Waals surface area (Å²) in [5.41, 5.74) is 3.32. The molecule has 126 valence electrons. The Labute approximate surface area is 142 Å². The average molecular weight is 326 g/mol. The Kier molecular flexibility index (Phi) is 4.89. The number of amides is 2. The molecule has 2 aromatic rings. The topological polar surface area (TPSA) is 50.8 Å². The molecule has 0 spiro atoms. The van der Waals surface area contributed by atoms with Gasteiger partial charge in [-0.2, -0.15) is 0 Å². The summed E-state index contributed by atoms with van der Waals surface area (Å²) in [6.07, 6.45) is 0.903. The van der Waals surface area contributed by atoms with Crippen LogP contribution >= 0.6 is 0 Å². The first kappa shape index (κ1) is 16.2.